The minimum absolute atomic E-state index is 0.206. The molecule has 1 amide bonds. The molecule has 0 spiro atoms. The average molecular weight is 394 g/mol. The Morgan fingerprint density at radius 3 is 2.78 bits per heavy atom. The predicted octanol–water partition coefficient (Wildman–Crippen LogP) is 2.55. The highest BCUT2D eigenvalue weighted by molar-refractivity contribution is 9.10. The number of rotatable bonds is 6. The number of anilines is 1. The van der Waals surface area contributed by atoms with E-state index < -0.39 is 0 Å². The molecule has 0 aliphatic carbocycles. The van der Waals surface area contributed by atoms with Crippen LogP contribution in [0.3, 0.4) is 0 Å². The van der Waals surface area contributed by atoms with Crippen molar-refractivity contribution >= 4 is 45.5 Å². The Labute approximate surface area is 147 Å². The first-order valence-corrected chi connectivity index (χ1v) is 8.52. The minimum atomic E-state index is -0.206. The van der Waals surface area contributed by atoms with Gasteiger partial charge in [0.25, 0.3) is 5.91 Å². The van der Waals surface area contributed by atoms with Crippen molar-refractivity contribution in [2.75, 3.05) is 24.7 Å². The van der Waals surface area contributed by atoms with Crippen LogP contribution in [0, 0.1) is 0 Å². The molecule has 2 rings (SSSR count). The van der Waals surface area contributed by atoms with Gasteiger partial charge in [0, 0.05) is 31.0 Å². The standard InChI is InChI=1S/C15H16BrN5OS/c1-21(2)13-5-4-11(8-12(13)16)9-19-20-14(22)10-23-15-17-6-3-7-18-15/h3-9H,10H2,1-2H3,(H,20,22). The van der Waals surface area contributed by atoms with Gasteiger partial charge in [0.2, 0.25) is 0 Å². The van der Waals surface area contributed by atoms with E-state index in [0.717, 1.165) is 15.7 Å². The zero-order valence-corrected chi connectivity index (χ0v) is 15.1. The SMILES string of the molecule is CN(C)c1ccc(C=NNC(=O)CSc2ncccn2)cc1Br. The quantitative estimate of drug-likeness (QED) is 0.353. The summed E-state index contributed by atoms with van der Waals surface area (Å²) in [7, 11) is 3.95. The van der Waals surface area contributed by atoms with Crippen molar-refractivity contribution in [2.45, 2.75) is 5.16 Å². The molecule has 23 heavy (non-hydrogen) atoms. The van der Waals surface area contributed by atoms with Crippen molar-refractivity contribution in [2.24, 2.45) is 5.10 Å². The molecule has 8 heteroatoms. The van der Waals surface area contributed by atoms with Crippen molar-refractivity contribution in [3.63, 3.8) is 0 Å². The highest BCUT2D eigenvalue weighted by atomic mass is 79.9. The van der Waals surface area contributed by atoms with Gasteiger partial charge >= 0.3 is 0 Å². The molecule has 120 valence electrons. The smallest absolute Gasteiger partial charge is 0.250 e. The lowest BCUT2D eigenvalue weighted by molar-refractivity contribution is -0.118. The van der Waals surface area contributed by atoms with Crippen molar-refractivity contribution in [3.05, 3.63) is 46.7 Å². The van der Waals surface area contributed by atoms with Crippen LogP contribution in [0.15, 0.2) is 51.4 Å². The van der Waals surface area contributed by atoms with Gasteiger partial charge < -0.3 is 4.90 Å². The zero-order valence-electron chi connectivity index (χ0n) is 12.7. The summed E-state index contributed by atoms with van der Waals surface area (Å²) in [6, 6.07) is 7.59. The van der Waals surface area contributed by atoms with Gasteiger partial charge in [-0.05, 0) is 39.7 Å². The third-order valence-electron chi connectivity index (χ3n) is 2.73. The number of hydrogen-bond acceptors (Lipinski definition) is 6. The number of halogens is 1. The summed E-state index contributed by atoms with van der Waals surface area (Å²) in [5, 5.41) is 4.52. The van der Waals surface area contributed by atoms with Crippen LogP contribution >= 0.6 is 27.7 Å². The first-order valence-electron chi connectivity index (χ1n) is 6.75. The number of benzene rings is 1. The Hall–Kier alpha value is -1.93. The average Bonchev–Trinajstić information content (AvgIpc) is 2.53. The molecule has 2 aromatic rings. The third kappa shape index (κ3) is 5.65. The Morgan fingerprint density at radius 2 is 2.13 bits per heavy atom. The van der Waals surface area contributed by atoms with E-state index >= 15 is 0 Å². The van der Waals surface area contributed by atoms with Gasteiger partial charge in [0.05, 0.1) is 17.7 Å². The summed E-state index contributed by atoms with van der Waals surface area (Å²) in [5.41, 5.74) is 4.45. The summed E-state index contributed by atoms with van der Waals surface area (Å²) in [5.74, 6) is 0.00706. The highest BCUT2D eigenvalue weighted by Gasteiger charge is 2.04. The fraction of sp³-hybridized carbons (Fsp3) is 0.200. The van der Waals surface area contributed by atoms with Gasteiger partial charge in [0.15, 0.2) is 5.16 Å². The molecule has 0 fully saturated rings. The minimum Gasteiger partial charge on any atom is -0.377 e. The lowest BCUT2D eigenvalue weighted by atomic mass is 10.2. The second kappa shape index (κ2) is 8.64. The Morgan fingerprint density at radius 1 is 1.39 bits per heavy atom. The second-order valence-electron chi connectivity index (χ2n) is 4.72. The molecular weight excluding hydrogens is 378 g/mol. The summed E-state index contributed by atoms with van der Waals surface area (Å²) in [6.45, 7) is 0. The number of hydrogen-bond donors (Lipinski definition) is 1. The third-order valence-corrected chi connectivity index (χ3v) is 4.24. The molecular formula is C15H16BrN5OS. The molecule has 0 aliphatic rings. The monoisotopic (exact) mass is 393 g/mol. The molecule has 0 bridgehead atoms. The van der Waals surface area contributed by atoms with Gasteiger partial charge in [-0.3, -0.25) is 4.79 Å². The number of aromatic nitrogens is 2. The lowest BCUT2D eigenvalue weighted by Gasteiger charge is -2.14. The topological polar surface area (TPSA) is 70.5 Å². The number of hydrazone groups is 1. The molecule has 0 radical (unpaired) electrons. The van der Waals surface area contributed by atoms with E-state index in [2.05, 4.69) is 36.4 Å². The van der Waals surface area contributed by atoms with Crippen LogP contribution in [0.4, 0.5) is 5.69 Å². The summed E-state index contributed by atoms with van der Waals surface area (Å²) in [6.07, 6.45) is 4.88. The molecule has 1 N–H and O–H groups in total. The molecule has 0 unspecified atom stereocenters. The molecule has 0 aliphatic heterocycles. The molecule has 0 saturated heterocycles. The predicted molar refractivity (Wildman–Crippen MR) is 97.0 cm³/mol. The number of carbonyl (C=O) groups is 1. The van der Waals surface area contributed by atoms with E-state index in [4.69, 9.17) is 0 Å². The maximum atomic E-state index is 11.7. The first kappa shape index (κ1) is 17.4. The highest BCUT2D eigenvalue weighted by Crippen LogP contribution is 2.25. The van der Waals surface area contributed by atoms with Crippen LogP contribution in [0.5, 0.6) is 0 Å². The fourth-order valence-electron chi connectivity index (χ4n) is 1.67. The number of carbonyl (C=O) groups excluding carboxylic acids is 1. The van der Waals surface area contributed by atoms with Crippen LogP contribution in [0.1, 0.15) is 5.56 Å². The summed E-state index contributed by atoms with van der Waals surface area (Å²) in [4.78, 5) is 21.8. The summed E-state index contributed by atoms with van der Waals surface area (Å²) < 4.78 is 0.967. The van der Waals surface area contributed by atoms with Crippen molar-refractivity contribution in [1.29, 1.82) is 0 Å². The van der Waals surface area contributed by atoms with Gasteiger partial charge in [-0.25, -0.2) is 15.4 Å². The van der Waals surface area contributed by atoms with E-state index in [0.29, 0.717) is 5.16 Å². The normalized spacial score (nSPS) is 10.7. The second-order valence-corrected chi connectivity index (χ2v) is 6.52. The van der Waals surface area contributed by atoms with Gasteiger partial charge in [-0.2, -0.15) is 5.10 Å². The Balaban J connectivity index is 1.84. The van der Waals surface area contributed by atoms with Crippen LogP contribution in [-0.2, 0) is 4.79 Å². The lowest BCUT2D eigenvalue weighted by Crippen LogP contribution is -2.19. The maximum Gasteiger partial charge on any atom is 0.250 e. The zero-order chi connectivity index (χ0) is 16.7. The molecule has 1 aromatic heterocycles. The number of nitrogens with zero attached hydrogens (tertiary/aromatic N) is 4. The molecule has 1 heterocycles. The Bertz CT molecular complexity index is 694. The van der Waals surface area contributed by atoms with Crippen LogP contribution in [-0.4, -0.2) is 41.9 Å². The van der Waals surface area contributed by atoms with E-state index in [1.807, 2.05) is 37.2 Å². The van der Waals surface area contributed by atoms with Crippen molar-refractivity contribution in [1.82, 2.24) is 15.4 Å². The first-order chi connectivity index (χ1) is 11.1. The van der Waals surface area contributed by atoms with Crippen molar-refractivity contribution < 1.29 is 4.79 Å². The number of nitrogens with one attached hydrogen (secondary N) is 1. The molecule has 6 nitrogen and oxygen atoms in total. The van der Waals surface area contributed by atoms with E-state index in [-0.39, 0.29) is 11.7 Å². The molecule has 0 atom stereocenters. The van der Waals surface area contributed by atoms with Crippen LogP contribution in [0.2, 0.25) is 0 Å². The van der Waals surface area contributed by atoms with Crippen LogP contribution < -0.4 is 10.3 Å². The molecule has 1 aromatic carbocycles. The Kier molecular flexibility index (Phi) is 6.54. The van der Waals surface area contributed by atoms with E-state index in [1.54, 1.807) is 24.7 Å². The van der Waals surface area contributed by atoms with Gasteiger partial charge in [-0.1, -0.05) is 17.8 Å². The van der Waals surface area contributed by atoms with E-state index in [1.165, 1.54) is 11.8 Å². The maximum absolute atomic E-state index is 11.7. The van der Waals surface area contributed by atoms with Gasteiger partial charge in [0.1, 0.15) is 0 Å². The number of thioether (sulfide) groups is 1. The van der Waals surface area contributed by atoms with Gasteiger partial charge in [-0.15, -0.1) is 0 Å². The summed E-state index contributed by atoms with van der Waals surface area (Å²) >= 11 is 4.77. The largest absolute Gasteiger partial charge is 0.377 e. The number of amides is 1. The molecule has 0 saturated carbocycles. The van der Waals surface area contributed by atoms with Crippen molar-refractivity contribution in [3.8, 4) is 0 Å². The van der Waals surface area contributed by atoms with E-state index in [9.17, 15) is 4.79 Å². The fourth-order valence-corrected chi connectivity index (χ4v) is 3.01. The van der Waals surface area contributed by atoms with Crippen LogP contribution in [0.25, 0.3) is 0 Å².